The van der Waals surface area contributed by atoms with Gasteiger partial charge in [-0.25, -0.2) is 21.2 Å². The molecule has 2 atom stereocenters. The molecule has 2 bridgehead atoms. The van der Waals surface area contributed by atoms with Gasteiger partial charge in [-0.3, -0.25) is 0 Å². The van der Waals surface area contributed by atoms with E-state index in [1.54, 1.807) is 0 Å². The first-order valence-corrected chi connectivity index (χ1v) is 9.48. The van der Waals surface area contributed by atoms with Crippen LogP contribution in [0.2, 0.25) is 0 Å². The lowest BCUT2D eigenvalue weighted by molar-refractivity contribution is 0.384. The Bertz CT molecular complexity index is 790. The summed E-state index contributed by atoms with van der Waals surface area (Å²) in [7, 11) is -5.79. The Labute approximate surface area is 122 Å². The van der Waals surface area contributed by atoms with Crippen LogP contribution in [0.25, 0.3) is 0 Å². The monoisotopic (exact) mass is 335 g/mol. The average Bonchev–Trinajstić information content (AvgIpc) is 2.94. The van der Waals surface area contributed by atoms with Crippen LogP contribution in [0.3, 0.4) is 0 Å². The van der Waals surface area contributed by atoms with Gasteiger partial charge in [0.05, 0.1) is 23.0 Å². The van der Waals surface area contributed by atoms with Crippen molar-refractivity contribution in [3.8, 4) is 5.75 Å². The molecule has 0 radical (unpaired) electrons. The SMILES string of the molecule is COc1ccc(S(=O)(=O)N2CC3CC2CS3(=O)=O)cc1F. The van der Waals surface area contributed by atoms with Crippen LogP contribution in [-0.4, -0.2) is 51.8 Å². The van der Waals surface area contributed by atoms with Crippen molar-refractivity contribution in [1.29, 1.82) is 0 Å². The number of benzene rings is 1. The molecule has 0 amide bonds. The molecule has 2 unspecified atom stereocenters. The first-order chi connectivity index (χ1) is 9.75. The van der Waals surface area contributed by atoms with Crippen molar-refractivity contribution in [2.75, 3.05) is 19.4 Å². The number of fused-ring (bicyclic) bond motifs is 2. The van der Waals surface area contributed by atoms with E-state index in [-0.39, 0.29) is 22.9 Å². The van der Waals surface area contributed by atoms with Crippen molar-refractivity contribution < 1.29 is 26.0 Å². The van der Waals surface area contributed by atoms with Gasteiger partial charge in [0.1, 0.15) is 0 Å². The number of methoxy groups -OCH3 is 1. The van der Waals surface area contributed by atoms with Gasteiger partial charge < -0.3 is 4.74 Å². The molecular weight excluding hydrogens is 321 g/mol. The summed E-state index contributed by atoms with van der Waals surface area (Å²) >= 11 is 0. The van der Waals surface area contributed by atoms with Crippen molar-refractivity contribution in [2.24, 2.45) is 0 Å². The van der Waals surface area contributed by atoms with Gasteiger partial charge in [0.2, 0.25) is 10.0 Å². The summed E-state index contributed by atoms with van der Waals surface area (Å²) in [5.74, 6) is -0.967. The van der Waals surface area contributed by atoms with E-state index in [9.17, 15) is 21.2 Å². The summed E-state index contributed by atoms with van der Waals surface area (Å²) in [4.78, 5) is -0.189. The van der Waals surface area contributed by atoms with Crippen molar-refractivity contribution in [3.05, 3.63) is 24.0 Å². The lowest BCUT2D eigenvalue weighted by Crippen LogP contribution is -2.43. The molecule has 0 aromatic heterocycles. The molecule has 0 saturated carbocycles. The number of nitrogens with zero attached hydrogens (tertiary/aromatic N) is 1. The molecular formula is C12H14FNO5S2. The molecule has 1 aromatic carbocycles. The van der Waals surface area contributed by atoms with Crippen LogP contribution < -0.4 is 4.74 Å². The van der Waals surface area contributed by atoms with E-state index in [0.29, 0.717) is 6.42 Å². The van der Waals surface area contributed by atoms with E-state index in [2.05, 4.69) is 0 Å². The molecule has 0 N–H and O–H groups in total. The molecule has 9 heteroatoms. The van der Waals surface area contributed by atoms with E-state index in [1.165, 1.54) is 23.5 Å². The summed E-state index contributed by atoms with van der Waals surface area (Å²) in [5.41, 5.74) is 0. The molecule has 2 aliphatic rings. The zero-order chi connectivity index (χ0) is 15.4. The molecule has 6 nitrogen and oxygen atoms in total. The van der Waals surface area contributed by atoms with Crippen LogP contribution in [0.5, 0.6) is 5.75 Å². The van der Waals surface area contributed by atoms with Crippen LogP contribution >= 0.6 is 0 Å². The van der Waals surface area contributed by atoms with Crippen LogP contribution in [0.4, 0.5) is 4.39 Å². The predicted molar refractivity (Wildman–Crippen MR) is 72.8 cm³/mol. The molecule has 2 heterocycles. The highest BCUT2D eigenvalue weighted by Gasteiger charge is 2.52. The third-order valence-electron chi connectivity index (χ3n) is 3.99. The summed E-state index contributed by atoms with van der Waals surface area (Å²) in [6.45, 7) is -0.0526. The number of sulfonamides is 1. The van der Waals surface area contributed by atoms with Crippen LogP contribution in [0.1, 0.15) is 6.42 Å². The number of hydrogen-bond acceptors (Lipinski definition) is 5. The fourth-order valence-electron chi connectivity index (χ4n) is 2.90. The van der Waals surface area contributed by atoms with Crippen LogP contribution in [0.15, 0.2) is 23.1 Å². The van der Waals surface area contributed by atoms with Gasteiger partial charge in [-0.1, -0.05) is 0 Å². The summed E-state index contributed by atoms with van der Waals surface area (Å²) in [5, 5.41) is -0.639. The fraction of sp³-hybridized carbons (Fsp3) is 0.500. The van der Waals surface area contributed by atoms with Crippen molar-refractivity contribution >= 4 is 19.9 Å². The maximum atomic E-state index is 13.7. The maximum Gasteiger partial charge on any atom is 0.243 e. The van der Waals surface area contributed by atoms with Crippen LogP contribution in [0, 0.1) is 5.82 Å². The Kier molecular flexibility index (Phi) is 3.26. The Hall–Kier alpha value is -1.19. The number of rotatable bonds is 3. The maximum absolute atomic E-state index is 13.7. The summed E-state index contributed by atoms with van der Waals surface area (Å²) in [6.07, 6.45) is 0.320. The quantitative estimate of drug-likeness (QED) is 0.798. The zero-order valence-electron chi connectivity index (χ0n) is 11.2. The third-order valence-corrected chi connectivity index (χ3v) is 8.11. The standard InChI is InChI=1S/C12H14FNO5S2/c1-19-12-3-2-9(5-11(12)13)21(17,18)14-6-10-4-8(14)7-20(10,15)16/h2-3,5,8,10H,4,6-7H2,1H3. The summed E-state index contributed by atoms with van der Waals surface area (Å²) in [6, 6.07) is 2.86. The molecule has 0 spiro atoms. The highest BCUT2D eigenvalue weighted by molar-refractivity contribution is 7.93. The lowest BCUT2D eigenvalue weighted by Gasteiger charge is -2.26. The second kappa shape index (κ2) is 4.65. The number of hydrogen-bond donors (Lipinski definition) is 0. The molecule has 0 aliphatic carbocycles. The normalized spacial score (nSPS) is 27.9. The van der Waals surface area contributed by atoms with Crippen LogP contribution in [-0.2, 0) is 19.9 Å². The van der Waals surface area contributed by atoms with E-state index >= 15 is 0 Å². The van der Waals surface area contributed by atoms with E-state index in [4.69, 9.17) is 4.74 Å². The Morgan fingerprint density at radius 2 is 2.10 bits per heavy atom. The largest absolute Gasteiger partial charge is 0.494 e. The van der Waals surface area contributed by atoms with Gasteiger partial charge in [-0.15, -0.1) is 0 Å². The Balaban J connectivity index is 1.94. The molecule has 2 aliphatic heterocycles. The average molecular weight is 335 g/mol. The first kappa shape index (κ1) is 14.7. The van der Waals surface area contributed by atoms with E-state index in [1.807, 2.05) is 0 Å². The molecule has 2 saturated heterocycles. The van der Waals surface area contributed by atoms with Gasteiger partial charge in [-0.05, 0) is 24.6 Å². The molecule has 2 fully saturated rings. The van der Waals surface area contributed by atoms with Gasteiger partial charge in [0, 0.05) is 12.6 Å². The molecule has 116 valence electrons. The first-order valence-electron chi connectivity index (χ1n) is 6.32. The van der Waals surface area contributed by atoms with Crippen molar-refractivity contribution in [3.63, 3.8) is 0 Å². The second-order valence-electron chi connectivity index (χ2n) is 5.21. The molecule has 1 aromatic rings. The minimum absolute atomic E-state index is 0.0422. The minimum atomic E-state index is -3.89. The minimum Gasteiger partial charge on any atom is -0.494 e. The number of halogens is 1. The van der Waals surface area contributed by atoms with Gasteiger partial charge in [-0.2, -0.15) is 4.31 Å². The number of ether oxygens (including phenoxy) is 1. The smallest absolute Gasteiger partial charge is 0.243 e. The lowest BCUT2D eigenvalue weighted by atomic mass is 10.3. The Morgan fingerprint density at radius 1 is 1.38 bits per heavy atom. The van der Waals surface area contributed by atoms with E-state index in [0.717, 1.165) is 6.07 Å². The zero-order valence-corrected chi connectivity index (χ0v) is 12.8. The van der Waals surface area contributed by atoms with Gasteiger partial charge >= 0.3 is 0 Å². The highest BCUT2D eigenvalue weighted by Crippen LogP contribution is 2.37. The van der Waals surface area contributed by atoms with Gasteiger partial charge in [0.25, 0.3) is 0 Å². The van der Waals surface area contributed by atoms with Gasteiger partial charge in [0.15, 0.2) is 21.4 Å². The second-order valence-corrected chi connectivity index (χ2v) is 9.43. The predicted octanol–water partition coefficient (Wildman–Crippen LogP) is 0.394. The topological polar surface area (TPSA) is 80.8 Å². The highest BCUT2D eigenvalue weighted by atomic mass is 32.2. The Morgan fingerprint density at radius 3 is 2.57 bits per heavy atom. The fourth-order valence-corrected chi connectivity index (χ4v) is 6.81. The number of sulfone groups is 1. The van der Waals surface area contributed by atoms with E-state index < -0.39 is 37.0 Å². The molecule has 21 heavy (non-hydrogen) atoms. The van der Waals surface area contributed by atoms with Crippen molar-refractivity contribution in [1.82, 2.24) is 4.31 Å². The molecule has 3 rings (SSSR count). The summed E-state index contributed by atoms with van der Waals surface area (Å²) < 4.78 is 68.0. The third kappa shape index (κ3) is 2.23. The van der Waals surface area contributed by atoms with Crippen molar-refractivity contribution in [2.45, 2.75) is 22.6 Å².